The van der Waals surface area contributed by atoms with Crippen molar-refractivity contribution < 1.29 is 9.90 Å². The molecule has 0 saturated heterocycles. The number of benzene rings is 1. The van der Waals surface area contributed by atoms with Crippen LogP contribution in [0.1, 0.15) is 35.4 Å². The number of carbonyl (C=O) groups excluding carboxylic acids is 1. The number of aromatic nitrogens is 1. The van der Waals surface area contributed by atoms with Crippen LogP contribution in [-0.2, 0) is 17.8 Å². The average Bonchev–Trinajstić information content (AvgIpc) is 2.91. The molecule has 0 spiro atoms. The van der Waals surface area contributed by atoms with Crippen LogP contribution < -0.4 is 5.32 Å². The van der Waals surface area contributed by atoms with Gasteiger partial charge in [-0.2, -0.15) is 0 Å². The van der Waals surface area contributed by atoms with Gasteiger partial charge in [-0.3, -0.25) is 9.78 Å². The zero-order valence-electron chi connectivity index (χ0n) is 11.7. The van der Waals surface area contributed by atoms with E-state index >= 15 is 0 Å². The Morgan fingerprint density at radius 1 is 1.33 bits per heavy atom. The van der Waals surface area contributed by atoms with E-state index in [1.165, 1.54) is 11.1 Å². The molecule has 0 saturated carbocycles. The first-order valence-electron chi connectivity index (χ1n) is 7.19. The molecule has 1 aliphatic rings. The Labute approximate surface area is 123 Å². The molecule has 1 heterocycles. The Morgan fingerprint density at radius 2 is 2.19 bits per heavy atom. The maximum absolute atomic E-state index is 12.2. The highest BCUT2D eigenvalue weighted by molar-refractivity contribution is 5.91. The summed E-state index contributed by atoms with van der Waals surface area (Å²) in [6.07, 6.45) is 5.72. The van der Waals surface area contributed by atoms with Gasteiger partial charge in [0.05, 0.1) is 18.5 Å². The molecule has 1 aromatic heterocycles. The molecule has 1 aliphatic carbocycles. The second kappa shape index (κ2) is 6.06. The van der Waals surface area contributed by atoms with Gasteiger partial charge in [-0.05, 0) is 36.0 Å². The number of hydrogen-bond acceptors (Lipinski definition) is 3. The molecule has 4 nitrogen and oxygen atoms in total. The summed E-state index contributed by atoms with van der Waals surface area (Å²) in [5.74, 6) is 0.259. The van der Waals surface area contributed by atoms with E-state index < -0.39 is 0 Å². The number of anilines is 1. The smallest absolute Gasteiger partial charge is 0.225 e. The number of carbonyl (C=O) groups is 1. The molecule has 0 bridgehead atoms. The van der Waals surface area contributed by atoms with Gasteiger partial charge in [-0.25, -0.2) is 0 Å². The third kappa shape index (κ3) is 2.95. The van der Waals surface area contributed by atoms with Crippen LogP contribution in [0, 0.1) is 0 Å². The summed E-state index contributed by atoms with van der Waals surface area (Å²) < 4.78 is 0. The lowest BCUT2D eigenvalue weighted by atomic mass is 9.97. The molecule has 2 N–H and O–H groups in total. The molecule has 108 valence electrons. The number of nitrogens with zero attached hydrogens (tertiary/aromatic N) is 1. The first-order valence-corrected chi connectivity index (χ1v) is 7.19. The van der Waals surface area contributed by atoms with Gasteiger partial charge in [0.15, 0.2) is 0 Å². The SMILES string of the molecule is O=C(CC1CCc2ccccc21)Nc1cnccc1CO. The number of hydrogen-bond donors (Lipinski definition) is 2. The molecule has 1 aromatic carbocycles. The quantitative estimate of drug-likeness (QED) is 0.906. The van der Waals surface area contributed by atoms with Crippen molar-refractivity contribution in [3.05, 3.63) is 59.4 Å². The summed E-state index contributed by atoms with van der Waals surface area (Å²) in [5, 5.41) is 12.1. The van der Waals surface area contributed by atoms with E-state index in [0.717, 1.165) is 12.8 Å². The molecule has 2 aromatic rings. The van der Waals surface area contributed by atoms with Crippen molar-refractivity contribution in [1.82, 2.24) is 4.98 Å². The minimum atomic E-state index is -0.107. The summed E-state index contributed by atoms with van der Waals surface area (Å²) >= 11 is 0. The van der Waals surface area contributed by atoms with Crippen LogP contribution in [0.5, 0.6) is 0 Å². The van der Waals surface area contributed by atoms with E-state index in [-0.39, 0.29) is 18.4 Å². The first-order chi connectivity index (χ1) is 10.3. The van der Waals surface area contributed by atoms with Gasteiger partial charge in [0.1, 0.15) is 0 Å². The largest absolute Gasteiger partial charge is 0.392 e. The summed E-state index contributed by atoms with van der Waals surface area (Å²) in [6, 6.07) is 10.0. The molecule has 1 amide bonds. The van der Waals surface area contributed by atoms with E-state index in [4.69, 9.17) is 0 Å². The van der Waals surface area contributed by atoms with Gasteiger partial charge in [0, 0.05) is 18.2 Å². The molecule has 4 heteroatoms. The van der Waals surface area contributed by atoms with E-state index in [2.05, 4.69) is 22.4 Å². The molecule has 1 atom stereocenters. The Hall–Kier alpha value is -2.20. The first kappa shape index (κ1) is 13.8. The third-order valence-corrected chi connectivity index (χ3v) is 4.04. The molecular weight excluding hydrogens is 264 g/mol. The molecule has 0 radical (unpaired) electrons. The number of rotatable bonds is 4. The summed E-state index contributed by atoms with van der Waals surface area (Å²) in [6.45, 7) is -0.107. The van der Waals surface area contributed by atoms with E-state index in [9.17, 15) is 9.90 Å². The number of pyridine rings is 1. The Balaban J connectivity index is 1.68. The number of fused-ring (bicyclic) bond motifs is 1. The second-order valence-electron chi connectivity index (χ2n) is 5.38. The monoisotopic (exact) mass is 282 g/mol. The lowest BCUT2D eigenvalue weighted by molar-refractivity contribution is -0.116. The van der Waals surface area contributed by atoms with Crippen molar-refractivity contribution in [2.45, 2.75) is 31.8 Å². The number of aliphatic hydroxyl groups excluding tert-OH is 1. The number of amides is 1. The summed E-state index contributed by atoms with van der Waals surface area (Å²) in [4.78, 5) is 16.2. The fourth-order valence-corrected chi connectivity index (χ4v) is 2.96. The predicted molar refractivity (Wildman–Crippen MR) is 80.9 cm³/mol. The maximum atomic E-state index is 12.2. The van der Waals surface area contributed by atoms with Gasteiger partial charge in [0.25, 0.3) is 0 Å². The molecule has 1 unspecified atom stereocenters. The topological polar surface area (TPSA) is 62.2 Å². The Kier molecular flexibility index (Phi) is 3.97. The normalized spacial score (nSPS) is 16.5. The van der Waals surface area contributed by atoms with E-state index in [1.807, 2.05) is 12.1 Å². The van der Waals surface area contributed by atoms with Crippen molar-refractivity contribution in [3.8, 4) is 0 Å². The minimum Gasteiger partial charge on any atom is -0.392 e. The van der Waals surface area contributed by atoms with Crippen LogP contribution in [-0.4, -0.2) is 16.0 Å². The Bertz CT molecular complexity index is 655. The molecule has 3 rings (SSSR count). The Morgan fingerprint density at radius 3 is 3.05 bits per heavy atom. The molecular formula is C17H18N2O2. The van der Waals surface area contributed by atoms with Crippen molar-refractivity contribution in [1.29, 1.82) is 0 Å². The highest BCUT2D eigenvalue weighted by atomic mass is 16.3. The number of aryl methyl sites for hydroxylation is 1. The highest BCUT2D eigenvalue weighted by Gasteiger charge is 2.24. The van der Waals surface area contributed by atoms with E-state index in [0.29, 0.717) is 17.7 Å². The van der Waals surface area contributed by atoms with E-state index in [1.54, 1.807) is 18.5 Å². The van der Waals surface area contributed by atoms with Gasteiger partial charge in [0.2, 0.25) is 5.91 Å². The van der Waals surface area contributed by atoms with Crippen molar-refractivity contribution in [2.24, 2.45) is 0 Å². The van der Waals surface area contributed by atoms with Gasteiger partial charge < -0.3 is 10.4 Å². The van der Waals surface area contributed by atoms with Crippen LogP contribution >= 0.6 is 0 Å². The summed E-state index contributed by atoms with van der Waals surface area (Å²) in [5.41, 5.74) is 3.93. The van der Waals surface area contributed by atoms with Crippen molar-refractivity contribution in [3.63, 3.8) is 0 Å². The zero-order chi connectivity index (χ0) is 14.7. The van der Waals surface area contributed by atoms with Crippen LogP contribution in [0.4, 0.5) is 5.69 Å². The van der Waals surface area contributed by atoms with Crippen LogP contribution in [0.25, 0.3) is 0 Å². The van der Waals surface area contributed by atoms with Gasteiger partial charge in [-0.1, -0.05) is 24.3 Å². The predicted octanol–water partition coefficient (Wildman–Crippen LogP) is 2.63. The van der Waals surface area contributed by atoms with Gasteiger partial charge in [-0.15, -0.1) is 0 Å². The number of aliphatic hydroxyl groups is 1. The van der Waals surface area contributed by atoms with Crippen LogP contribution in [0.3, 0.4) is 0 Å². The number of nitrogens with one attached hydrogen (secondary N) is 1. The lowest BCUT2D eigenvalue weighted by Crippen LogP contribution is -2.16. The third-order valence-electron chi connectivity index (χ3n) is 4.04. The average molecular weight is 282 g/mol. The highest BCUT2D eigenvalue weighted by Crippen LogP contribution is 2.35. The van der Waals surface area contributed by atoms with Gasteiger partial charge >= 0.3 is 0 Å². The fourth-order valence-electron chi connectivity index (χ4n) is 2.96. The molecule has 21 heavy (non-hydrogen) atoms. The maximum Gasteiger partial charge on any atom is 0.225 e. The molecule has 0 fully saturated rings. The van der Waals surface area contributed by atoms with Crippen LogP contribution in [0.15, 0.2) is 42.7 Å². The molecule has 0 aliphatic heterocycles. The zero-order valence-corrected chi connectivity index (χ0v) is 11.7. The second-order valence-corrected chi connectivity index (χ2v) is 5.38. The van der Waals surface area contributed by atoms with Crippen molar-refractivity contribution in [2.75, 3.05) is 5.32 Å². The summed E-state index contributed by atoms with van der Waals surface area (Å²) in [7, 11) is 0. The minimum absolute atomic E-state index is 0.0283. The standard InChI is InChI=1S/C17H18N2O2/c20-11-14-7-8-18-10-16(14)19-17(21)9-13-6-5-12-3-1-2-4-15(12)13/h1-4,7-8,10,13,20H,5-6,9,11H2,(H,19,21). The van der Waals surface area contributed by atoms with Crippen LogP contribution in [0.2, 0.25) is 0 Å². The van der Waals surface area contributed by atoms with Crippen molar-refractivity contribution >= 4 is 11.6 Å². The fraction of sp³-hybridized carbons (Fsp3) is 0.294. The lowest BCUT2D eigenvalue weighted by Gasteiger charge is -2.13.